The van der Waals surface area contributed by atoms with Crippen LogP contribution in [-0.4, -0.2) is 5.91 Å². The van der Waals surface area contributed by atoms with Gasteiger partial charge >= 0.3 is 0 Å². The number of carbonyl (C=O) groups is 1. The number of nitrogens with two attached hydrogens (primary N) is 1. The van der Waals surface area contributed by atoms with Crippen LogP contribution in [0.5, 0.6) is 0 Å². The Morgan fingerprint density at radius 3 is 2.29 bits per heavy atom. The van der Waals surface area contributed by atoms with Gasteiger partial charge < -0.3 is 11.1 Å². The van der Waals surface area contributed by atoms with E-state index in [-0.39, 0.29) is 16.8 Å². The van der Waals surface area contributed by atoms with E-state index in [0.29, 0.717) is 0 Å². The van der Waals surface area contributed by atoms with E-state index < -0.39 is 29.4 Å². The summed E-state index contributed by atoms with van der Waals surface area (Å²) in [6.07, 6.45) is 0. The molecule has 0 aromatic heterocycles. The molecule has 0 saturated heterocycles. The maximum atomic E-state index is 13.6. The van der Waals surface area contributed by atoms with E-state index in [1.54, 1.807) is 0 Å². The summed E-state index contributed by atoms with van der Waals surface area (Å²) in [4.78, 5) is 12.0. The van der Waals surface area contributed by atoms with Crippen molar-refractivity contribution < 1.29 is 18.0 Å². The van der Waals surface area contributed by atoms with E-state index in [1.165, 1.54) is 25.1 Å². The summed E-state index contributed by atoms with van der Waals surface area (Å²) in [5.74, 6) is -2.89. The molecule has 110 valence electrons. The zero-order valence-electron chi connectivity index (χ0n) is 11.2. The number of nitrogen functional groups attached to an aromatic ring is 1. The third kappa shape index (κ3) is 3.16. The molecule has 0 saturated carbocycles. The molecule has 0 aliphatic carbocycles. The molecule has 0 heterocycles. The van der Waals surface area contributed by atoms with Gasteiger partial charge in [-0.3, -0.25) is 4.79 Å². The second-order valence-corrected chi connectivity index (χ2v) is 4.57. The Labute approximate surface area is 119 Å². The number of nitrogens with one attached hydrogen (secondary N) is 1. The Kier molecular flexibility index (Phi) is 4.16. The highest BCUT2D eigenvalue weighted by Crippen LogP contribution is 2.21. The Morgan fingerprint density at radius 2 is 1.71 bits per heavy atom. The molecule has 0 fully saturated rings. The topological polar surface area (TPSA) is 55.1 Å². The van der Waals surface area contributed by atoms with Gasteiger partial charge in [0.2, 0.25) is 0 Å². The fourth-order valence-corrected chi connectivity index (χ4v) is 1.94. The van der Waals surface area contributed by atoms with Crippen molar-refractivity contribution in [2.75, 3.05) is 5.73 Å². The number of anilines is 1. The molecule has 2 rings (SSSR count). The molecule has 6 heteroatoms. The minimum absolute atomic E-state index is 0.0188. The quantitative estimate of drug-likeness (QED) is 0.854. The van der Waals surface area contributed by atoms with Crippen LogP contribution in [-0.2, 0) is 0 Å². The van der Waals surface area contributed by atoms with Gasteiger partial charge in [-0.2, -0.15) is 0 Å². The molecule has 0 aliphatic heterocycles. The number of hydrogen-bond donors (Lipinski definition) is 2. The summed E-state index contributed by atoms with van der Waals surface area (Å²) >= 11 is 0. The van der Waals surface area contributed by atoms with Crippen LogP contribution in [0.2, 0.25) is 0 Å². The van der Waals surface area contributed by atoms with Crippen LogP contribution in [0.3, 0.4) is 0 Å². The average Bonchev–Trinajstić information content (AvgIpc) is 2.41. The van der Waals surface area contributed by atoms with Crippen molar-refractivity contribution in [1.82, 2.24) is 5.32 Å². The zero-order chi connectivity index (χ0) is 15.6. The summed E-state index contributed by atoms with van der Waals surface area (Å²) in [6, 6.07) is 6.08. The molecule has 2 aromatic rings. The molecule has 3 nitrogen and oxygen atoms in total. The summed E-state index contributed by atoms with van der Waals surface area (Å²) < 4.78 is 40.5. The molecule has 1 atom stereocenters. The molecule has 0 spiro atoms. The van der Waals surface area contributed by atoms with E-state index in [2.05, 4.69) is 5.32 Å². The van der Waals surface area contributed by atoms with Gasteiger partial charge in [-0.15, -0.1) is 0 Å². The third-order valence-corrected chi connectivity index (χ3v) is 3.04. The van der Waals surface area contributed by atoms with Crippen LogP contribution >= 0.6 is 0 Å². The van der Waals surface area contributed by atoms with Crippen LogP contribution in [0, 0.1) is 17.5 Å². The van der Waals surface area contributed by atoms with Gasteiger partial charge in [0.1, 0.15) is 17.5 Å². The normalized spacial score (nSPS) is 12.0. The molecule has 0 radical (unpaired) electrons. The van der Waals surface area contributed by atoms with Gasteiger partial charge in [0.15, 0.2) is 0 Å². The first-order valence-corrected chi connectivity index (χ1v) is 6.20. The Morgan fingerprint density at radius 1 is 1.10 bits per heavy atom. The Balaban J connectivity index is 2.21. The van der Waals surface area contributed by atoms with E-state index in [9.17, 15) is 18.0 Å². The van der Waals surface area contributed by atoms with E-state index in [4.69, 9.17) is 5.73 Å². The van der Waals surface area contributed by atoms with E-state index in [0.717, 1.165) is 18.2 Å². The summed E-state index contributed by atoms with van der Waals surface area (Å²) in [5.41, 5.74) is 5.00. The van der Waals surface area contributed by atoms with Crippen molar-refractivity contribution >= 4 is 11.6 Å². The number of halogens is 3. The first-order chi connectivity index (χ1) is 9.90. The van der Waals surface area contributed by atoms with Crippen LogP contribution in [0.25, 0.3) is 0 Å². The van der Waals surface area contributed by atoms with Gasteiger partial charge in [-0.25, -0.2) is 13.2 Å². The largest absolute Gasteiger partial charge is 0.396 e. The van der Waals surface area contributed by atoms with Crippen molar-refractivity contribution in [1.29, 1.82) is 0 Å². The molecule has 0 bridgehead atoms. The Bertz CT molecular complexity index is 668. The van der Waals surface area contributed by atoms with Crippen LogP contribution in [0.1, 0.15) is 28.9 Å². The number of benzene rings is 2. The number of amides is 1. The highest BCUT2D eigenvalue weighted by Gasteiger charge is 2.19. The number of rotatable bonds is 3. The minimum Gasteiger partial charge on any atom is -0.396 e. The monoisotopic (exact) mass is 294 g/mol. The molecule has 1 unspecified atom stereocenters. The van der Waals surface area contributed by atoms with E-state index >= 15 is 0 Å². The SMILES string of the molecule is CC(NC(=O)c1ccc(N)c(F)c1)c1c(F)cccc1F. The zero-order valence-corrected chi connectivity index (χ0v) is 11.2. The predicted molar refractivity (Wildman–Crippen MR) is 73.1 cm³/mol. The molecule has 2 aromatic carbocycles. The second kappa shape index (κ2) is 5.87. The van der Waals surface area contributed by atoms with Crippen LogP contribution in [0.15, 0.2) is 36.4 Å². The van der Waals surface area contributed by atoms with Gasteiger partial charge in [-0.05, 0) is 37.3 Å². The molecular weight excluding hydrogens is 281 g/mol. The van der Waals surface area contributed by atoms with Crippen LogP contribution < -0.4 is 11.1 Å². The first kappa shape index (κ1) is 14.9. The molecule has 0 aliphatic rings. The van der Waals surface area contributed by atoms with Gasteiger partial charge in [0.25, 0.3) is 5.91 Å². The first-order valence-electron chi connectivity index (χ1n) is 6.20. The molecule has 21 heavy (non-hydrogen) atoms. The summed E-state index contributed by atoms with van der Waals surface area (Å²) in [5, 5.41) is 2.41. The van der Waals surface area contributed by atoms with Crippen molar-refractivity contribution in [2.24, 2.45) is 0 Å². The fourth-order valence-electron chi connectivity index (χ4n) is 1.94. The molecule has 3 N–H and O–H groups in total. The lowest BCUT2D eigenvalue weighted by Crippen LogP contribution is -2.28. The number of hydrogen-bond acceptors (Lipinski definition) is 2. The highest BCUT2D eigenvalue weighted by atomic mass is 19.1. The van der Waals surface area contributed by atoms with Crippen LogP contribution in [0.4, 0.5) is 18.9 Å². The second-order valence-electron chi connectivity index (χ2n) is 4.57. The molecular formula is C15H13F3N2O. The lowest BCUT2D eigenvalue weighted by Gasteiger charge is -2.16. The maximum absolute atomic E-state index is 13.6. The average molecular weight is 294 g/mol. The van der Waals surface area contributed by atoms with Crippen molar-refractivity contribution in [3.63, 3.8) is 0 Å². The van der Waals surface area contributed by atoms with Crippen molar-refractivity contribution in [3.8, 4) is 0 Å². The van der Waals surface area contributed by atoms with E-state index in [1.807, 2.05) is 0 Å². The van der Waals surface area contributed by atoms with Crippen molar-refractivity contribution in [2.45, 2.75) is 13.0 Å². The van der Waals surface area contributed by atoms with Gasteiger partial charge in [0, 0.05) is 11.1 Å². The van der Waals surface area contributed by atoms with Gasteiger partial charge in [-0.1, -0.05) is 6.07 Å². The predicted octanol–water partition coefficient (Wildman–Crippen LogP) is 3.18. The lowest BCUT2D eigenvalue weighted by molar-refractivity contribution is 0.0938. The van der Waals surface area contributed by atoms with Crippen molar-refractivity contribution in [3.05, 3.63) is 65.0 Å². The molecule has 1 amide bonds. The minimum atomic E-state index is -0.903. The standard InChI is InChI=1S/C15H13F3N2O/c1-8(14-10(16)3-2-4-11(14)17)20-15(21)9-5-6-13(19)12(18)7-9/h2-8H,19H2,1H3,(H,20,21). The maximum Gasteiger partial charge on any atom is 0.251 e. The third-order valence-electron chi connectivity index (χ3n) is 3.04. The summed E-state index contributed by atoms with van der Waals surface area (Å²) in [6.45, 7) is 1.44. The summed E-state index contributed by atoms with van der Waals surface area (Å²) in [7, 11) is 0. The Hall–Kier alpha value is -2.50. The smallest absolute Gasteiger partial charge is 0.251 e. The highest BCUT2D eigenvalue weighted by molar-refractivity contribution is 5.94. The lowest BCUT2D eigenvalue weighted by atomic mass is 10.1. The number of carbonyl (C=O) groups excluding carboxylic acids is 1. The van der Waals surface area contributed by atoms with Gasteiger partial charge in [0.05, 0.1) is 11.7 Å². The fraction of sp³-hybridized carbons (Fsp3) is 0.133.